The fourth-order valence-electron chi connectivity index (χ4n) is 6.15. The van der Waals surface area contributed by atoms with E-state index in [2.05, 4.69) is 32.9 Å². The maximum absolute atomic E-state index is 14.7. The van der Waals surface area contributed by atoms with Crippen LogP contribution in [0.4, 0.5) is 0 Å². The van der Waals surface area contributed by atoms with Gasteiger partial charge in [0.05, 0.1) is 24.7 Å². The van der Waals surface area contributed by atoms with Crippen molar-refractivity contribution in [3.63, 3.8) is 0 Å². The van der Waals surface area contributed by atoms with Crippen molar-refractivity contribution in [1.29, 1.82) is 0 Å². The number of aromatic amines is 1. The second-order valence-electron chi connectivity index (χ2n) is 10.8. The average Bonchev–Trinajstić information content (AvgIpc) is 3.34. The van der Waals surface area contributed by atoms with Gasteiger partial charge in [0.1, 0.15) is 0 Å². The zero-order valence-electron chi connectivity index (χ0n) is 22.2. The molecule has 208 valence electrons. The summed E-state index contributed by atoms with van der Waals surface area (Å²) in [6.45, 7) is 7.88. The van der Waals surface area contributed by atoms with Gasteiger partial charge in [0, 0.05) is 48.1 Å². The number of aromatic nitrogens is 2. The van der Waals surface area contributed by atoms with E-state index in [1.54, 1.807) is 0 Å². The molecule has 2 aromatic carbocycles. The number of H-pyrrole nitrogens is 1. The molecule has 10 heteroatoms. The first kappa shape index (κ1) is 27.9. The van der Waals surface area contributed by atoms with Crippen LogP contribution < -0.4 is 5.76 Å². The Balaban J connectivity index is 1.63. The maximum Gasteiger partial charge on any atom is 0.438 e. The van der Waals surface area contributed by atoms with E-state index < -0.39 is 11.2 Å². The molecule has 0 saturated carbocycles. The summed E-state index contributed by atoms with van der Waals surface area (Å²) < 4.78 is 10.4. The number of benzene rings is 2. The minimum Gasteiger partial charge on any atom is -0.379 e. The van der Waals surface area contributed by atoms with Gasteiger partial charge in [0.15, 0.2) is 5.82 Å². The molecule has 39 heavy (non-hydrogen) atoms. The van der Waals surface area contributed by atoms with Gasteiger partial charge < -0.3 is 9.64 Å². The van der Waals surface area contributed by atoms with Crippen molar-refractivity contribution in [3.8, 4) is 0 Å². The summed E-state index contributed by atoms with van der Waals surface area (Å²) >= 11 is 12.8. The molecule has 2 aliphatic rings. The molecule has 3 heterocycles. The molecule has 2 aliphatic heterocycles. The summed E-state index contributed by atoms with van der Waals surface area (Å²) in [7, 11) is 0. The summed E-state index contributed by atoms with van der Waals surface area (Å²) in [5.74, 6) is -0.292. The van der Waals surface area contributed by atoms with E-state index in [0.717, 1.165) is 37.2 Å². The third kappa shape index (κ3) is 6.09. The SMILES string of the molecule is CCC(CN1CCOCC1)N1C(=O)C(C)(Cc2noc(=O)[nH]2)CC(c2cccc(Cl)c2)C1c1ccc(Cl)cc1. The topological polar surface area (TPSA) is 91.7 Å². The molecule has 1 aromatic heterocycles. The number of morpholine rings is 1. The van der Waals surface area contributed by atoms with E-state index in [0.29, 0.717) is 35.5 Å². The normalized spacial score (nSPS) is 25.1. The van der Waals surface area contributed by atoms with E-state index in [1.807, 2.05) is 49.4 Å². The van der Waals surface area contributed by atoms with Crippen molar-refractivity contribution < 1.29 is 14.1 Å². The minimum atomic E-state index is -0.839. The summed E-state index contributed by atoms with van der Waals surface area (Å²) in [6, 6.07) is 15.4. The number of carbonyl (C=O) groups excluding carboxylic acids is 1. The quantitative estimate of drug-likeness (QED) is 0.404. The summed E-state index contributed by atoms with van der Waals surface area (Å²) in [6.07, 6.45) is 1.58. The molecule has 0 bridgehead atoms. The van der Waals surface area contributed by atoms with Crippen LogP contribution in [-0.2, 0) is 16.0 Å². The number of likely N-dealkylation sites (tertiary alicyclic amines) is 1. The molecule has 3 aromatic rings. The lowest BCUT2D eigenvalue weighted by molar-refractivity contribution is -0.155. The lowest BCUT2D eigenvalue weighted by atomic mass is 9.67. The van der Waals surface area contributed by atoms with Crippen LogP contribution in [0.1, 0.15) is 55.6 Å². The molecule has 8 nitrogen and oxygen atoms in total. The molecule has 2 fully saturated rings. The molecule has 1 N–H and O–H groups in total. The molecule has 1 amide bonds. The number of amides is 1. The van der Waals surface area contributed by atoms with E-state index in [9.17, 15) is 9.59 Å². The number of nitrogens with one attached hydrogen (secondary N) is 1. The molecule has 2 saturated heterocycles. The van der Waals surface area contributed by atoms with E-state index in [-0.39, 0.29) is 30.3 Å². The first-order chi connectivity index (χ1) is 18.8. The Hall–Kier alpha value is -2.65. The predicted octanol–water partition coefficient (Wildman–Crippen LogP) is 5.09. The fraction of sp³-hybridized carbons (Fsp3) is 0.483. The van der Waals surface area contributed by atoms with Crippen molar-refractivity contribution in [2.45, 2.75) is 51.1 Å². The summed E-state index contributed by atoms with van der Waals surface area (Å²) in [5.41, 5.74) is 1.24. The monoisotopic (exact) mass is 572 g/mol. The standard InChI is InChI=1S/C29H34Cl2N4O4/c1-3-23(18-34-11-13-38-14-12-34)35-26(19-7-9-21(30)10-8-19)24(20-5-4-6-22(31)15-20)16-29(2,27(35)36)17-25-32-28(37)39-33-25/h4-10,15,23-24,26H,3,11-14,16-18H2,1-2H3,(H,32,33,37). The number of nitrogens with zero attached hydrogens (tertiary/aromatic N) is 3. The van der Waals surface area contributed by atoms with Gasteiger partial charge in [-0.05, 0) is 48.2 Å². The number of hydrogen-bond donors (Lipinski definition) is 1. The highest BCUT2D eigenvalue weighted by Crippen LogP contribution is 2.52. The molecular formula is C29H34Cl2N4O4. The van der Waals surface area contributed by atoms with Crippen molar-refractivity contribution in [1.82, 2.24) is 19.9 Å². The number of piperidine rings is 1. The molecule has 5 rings (SSSR count). The molecule has 4 unspecified atom stereocenters. The Kier molecular flexibility index (Phi) is 8.47. The molecule has 0 aliphatic carbocycles. The van der Waals surface area contributed by atoms with Crippen molar-refractivity contribution in [2.75, 3.05) is 32.8 Å². The highest BCUT2D eigenvalue weighted by Gasteiger charge is 2.52. The van der Waals surface area contributed by atoms with Crippen molar-refractivity contribution in [3.05, 3.63) is 86.1 Å². The van der Waals surface area contributed by atoms with Crippen LogP contribution in [0.15, 0.2) is 57.8 Å². The van der Waals surface area contributed by atoms with Gasteiger partial charge in [-0.2, -0.15) is 0 Å². The Bertz CT molecular complexity index is 1340. The third-order valence-electron chi connectivity index (χ3n) is 8.07. The summed E-state index contributed by atoms with van der Waals surface area (Å²) in [4.78, 5) is 33.5. The Morgan fingerprint density at radius 1 is 1.08 bits per heavy atom. The van der Waals surface area contributed by atoms with Crippen LogP contribution in [0.3, 0.4) is 0 Å². The van der Waals surface area contributed by atoms with Gasteiger partial charge in [0.2, 0.25) is 5.91 Å². The molecule has 0 spiro atoms. The number of halogens is 2. The number of carbonyl (C=O) groups is 1. The third-order valence-corrected chi connectivity index (χ3v) is 8.56. The second kappa shape index (κ2) is 11.8. The lowest BCUT2D eigenvalue weighted by Crippen LogP contribution is -2.59. The summed E-state index contributed by atoms with van der Waals surface area (Å²) in [5, 5.41) is 5.19. The highest BCUT2D eigenvalue weighted by molar-refractivity contribution is 6.30. The molecule has 0 radical (unpaired) electrons. The number of rotatable bonds is 8. The van der Waals surface area contributed by atoms with Crippen LogP contribution in [0.5, 0.6) is 0 Å². The first-order valence-electron chi connectivity index (χ1n) is 13.5. The van der Waals surface area contributed by atoms with Crippen LogP contribution in [0.2, 0.25) is 10.0 Å². The molecular weight excluding hydrogens is 539 g/mol. The zero-order valence-corrected chi connectivity index (χ0v) is 23.8. The predicted molar refractivity (Wildman–Crippen MR) is 150 cm³/mol. The fourth-order valence-corrected chi connectivity index (χ4v) is 6.47. The lowest BCUT2D eigenvalue weighted by Gasteiger charge is -2.52. The van der Waals surface area contributed by atoms with Crippen molar-refractivity contribution >= 4 is 29.1 Å². The highest BCUT2D eigenvalue weighted by atomic mass is 35.5. The first-order valence-corrected chi connectivity index (χ1v) is 14.2. The smallest absolute Gasteiger partial charge is 0.379 e. The minimum absolute atomic E-state index is 0.0321. The Labute approximate surface area is 238 Å². The molecule has 4 atom stereocenters. The Morgan fingerprint density at radius 3 is 2.46 bits per heavy atom. The Morgan fingerprint density at radius 2 is 1.82 bits per heavy atom. The van der Waals surface area contributed by atoms with Gasteiger partial charge in [-0.25, -0.2) is 4.79 Å². The van der Waals surface area contributed by atoms with Crippen LogP contribution in [-0.4, -0.2) is 64.7 Å². The largest absolute Gasteiger partial charge is 0.438 e. The average molecular weight is 574 g/mol. The van der Waals surface area contributed by atoms with E-state index in [1.165, 1.54) is 0 Å². The van der Waals surface area contributed by atoms with Crippen molar-refractivity contribution in [2.24, 2.45) is 5.41 Å². The van der Waals surface area contributed by atoms with E-state index in [4.69, 9.17) is 32.5 Å². The second-order valence-corrected chi connectivity index (χ2v) is 11.7. The maximum atomic E-state index is 14.7. The van der Waals surface area contributed by atoms with Gasteiger partial charge in [-0.15, -0.1) is 0 Å². The van der Waals surface area contributed by atoms with Crippen LogP contribution >= 0.6 is 23.2 Å². The van der Waals surface area contributed by atoms with Gasteiger partial charge in [0.25, 0.3) is 0 Å². The number of hydrogen-bond acceptors (Lipinski definition) is 6. The number of ether oxygens (including phenoxy) is 1. The van der Waals surface area contributed by atoms with Gasteiger partial charge in [-0.1, -0.05) is 66.5 Å². The van der Waals surface area contributed by atoms with Crippen LogP contribution in [0, 0.1) is 5.41 Å². The zero-order chi connectivity index (χ0) is 27.6. The van der Waals surface area contributed by atoms with Gasteiger partial charge >= 0.3 is 5.76 Å². The van der Waals surface area contributed by atoms with Gasteiger partial charge in [-0.3, -0.25) is 19.2 Å². The van der Waals surface area contributed by atoms with Crippen LogP contribution in [0.25, 0.3) is 0 Å². The van der Waals surface area contributed by atoms with E-state index >= 15 is 0 Å².